The SMILES string of the molecule is CCCc1ccccc1NC1CCC(N)CC1. The number of hydrogen-bond donors (Lipinski definition) is 2. The van der Waals surface area contributed by atoms with E-state index in [9.17, 15) is 0 Å². The molecule has 0 atom stereocenters. The first-order valence-electron chi connectivity index (χ1n) is 6.89. The molecule has 0 aromatic heterocycles. The molecule has 0 saturated heterocycles. The van der Waals surface area contributed by atoms with Crippen molar-refractivity contribution < 1.29 is 0 Å². The molecule has 0 heterocycles. The minimum atomic E-state index is 0.430. The second kappa shape index (κ2) is 6.06. The van der Waals surface area contributed by atoms with Crippen molar-refractivity contribution in [2.24, 2.45) is 5.73 Å². The van der Waals surface area contributed by atoms with Gasteiger partial charge in [0.2, 0.25) is 0 Å². The first-order chi connectivity index (χ1) is 8.29. The number of rotatable bonds is 4. The average Bonchev–Trinajstić information content (AvgIpc) is 2.35. The van der Waals surface area contributed by atoms with Gasteiger partial charge in [-0.15, -0.1) is 0 Å². The maximum atomic E-state index is 5.94. The number of nitrogens with one attached hydrogen (secondary N) is 1. The van der Waals surface area contributed by atoms with Crippen LogP contribution in [0.2, 0.25) is 0 Å². The van der Waals surface area contributed by atoms with Gasteiger partial charge in [0.1, 0.15) is 0 Å². The molecule has 1 saturated carbocycles. The van der Waals surface area contributed by atoms with Crippen LogP contribution in [0.3, 0.4) is 0 Å². The quantitative estimate of drug-likeness (QED) is 0.835. The second-order valence-electron chi connectivity index (χ2n) is 5.16. The van der Waals surface area contributed by atoms with Crippen LogP contribution < -0.4 is 11.1 Å². The maximum Gasteiger partial charge on any atom is 0.0374 e. The summed E-state index contributed by atoms with van der Waals surface area (Å²) in [6, 6.07) is 9.75. The third-order valence-electron chi connectivity index (χ3n) is 3.67. The molecule has 17 heavy (non-hydrogen) atoms. The summed E-state index contributed by atoms with van der Waals surface area (Å²) in [4.78, 5) is 0. The van der Waals surface area contributed by atoms with Gasteiger partial charge in [0.05, 0.1) is 0 Å². The van der Waals surface area contributed by atoms with Gasteiger partial charge in [-0.05, 0) is 43.7 Å². The summed E-state index contributed by atoms with van der Waals surface area (Å²) in [6.45, 7) is 2.23. The predicted octanol–water partition coefficient (Wildman–Crippen LogP) is 3.32. The van der Waals surface area contributed by atoms with Gasteiger partial charge in [-0.1, -0.05) is 31.5 Å². The molecule has 1 aliphatic rings. The van der Waals surface area contributed by atoms with Gasteiger partial charge in [0, 0.05) is 17.8 Å². The van der Waals surface area contributed by atoms with Gasteiger partial charge in [-0.3, -0.25) is 0 Å². The van der Waals surface area contributed by atoms with Gasteiger partial charge in [-0.2, -0.15) is 0 Å². The summed E-state index contributed by atoms with van der Waals surface area (Å²) in [7, 11) is 0. The van der Waals surface area contributed by atoms with E-state index < -0.39 is 0 Å². The minimum Gasteiger partial charge on any atom is -0.382 e. The van der Waals surface area contributed by atoms with Crippen LogP contribution in [-0.2, 0) is 6.42 Å². The van der Waals surface area contributed by atoms with E-state index in [1.165, 1.54) is 30.5 Å². The molecule has 94 valence electrons. The normalized spacial score (nSPS) is 24.6. The first-order valence-corrected chi connectivity index (χ1v) is 6.89. The van der Waals surface area contributed by atoms with E-state index in [0.29, 0.717) is 12.1 Å². The van der Waals surface area contributed by atoms with E-state index in [0.717, 1.165) is 19.3 Å². The van der Waals surface area contributed by atoms with Crippen molar-refractivity contribution >= 4 is 5.69 Å². The molecular weight excluding hydrogens is 208 g/mol. The van der Waals surface area contributed by atoms with E-state index in [2.05, 4.69) is 36.5 Å². The number of anilines is 1. The van der Waals surface area contributed by atoms with Crippen LogP contribution in [0.1, 0.15) is 44.6 Å². The zero-order valence-electron chi connectivity index (χ0n) is 10.8. The Morgan fingerprint density at radius 2 is 1.88 bits per heavy atom. The molecule has 2 heteroatoms. The van der Waals surface area contributed by atoms with Gasteiger partial charge in [0.15, 0.2) is 0 Å². The molecule has 2 nitrogen and oxygen atoms in total. The fourth-order valence-electron chi connectivity index (χ4n) is 2.63. The molecular formula is C15H24N2. The van der Waals surface area contributed by atoms with Crippen molar-refractivity contribution in [1.82, 2.24) is 0 Å². The Balaban J connectivity index is 1.98. The molecule has 3 N–H and O–H groups in total. The van der Waals surface area contributed by atoms with Crippen LogP contribution >= 0.6 is 0 Å². The molecule has 1 aromatic rings. The van der Waals surface area contributed by atoms with Gasteiger partial charge >= 0.3 is 0 Å². The van der Waals surface area contributed by atoms with E-state index in [1.807, 2.05) is 0 Å². The Morgan fingerprint density at radius 1 is 1.18 bits per heavy atom. The van der Waals surface area contributed by atoms with E-state index in [4.69, 9.17) is 5.73 Å². The third kappa shape index (κ3) is 3.47. The van der Waals surface area contributed by atoms with Crippen LogP contribution in [0.25, 0.3) is 0 Å². The van der Waals surface area contributed by atoms with Gasteiger partial charge in [-0.25, -0.2) is 0 Å². The fourth-order valence-corrected chi connectivity index (χ4v) is 2.63. The highest BCUT2D eigenvalue weighted by Gasteiger charge is 2.18. The third-order valence-corrected chi connectivity index (χ3v) is 3.67. The number of benzene rings is 1. The molecule has 1 aliphatic carbocycles. The summed E-state index contributed by atoms with van der Waals surface area (Å²) < 4.78 is 0. The van der Waals surface area contributed by atoms with Crippen molar-refractivity contribution in [2.45, 2.75) is 57.5 Å². The van der Waals surface area contributed by atoms with Gasteiger partial charge < -0.3 is 11.1 Å². The first kappa shape index (κ1) is 12.4. The lowest BCUT2D eigenvalue weighted by molar-refractivity contribution is 0.411. The van der Waals surface area contributed by atoms with Crippen molar-refractivity contribution in [3.63, 3.8) is 0 Å². The van der Waals surface area contributed by atoms with Crippen LogP contribution in [0, 0.1) is 0 Å². The minimum absolute atomic E-state index is 0.430. The van der Waals surface area contributed by atoms with Crippen molar-refractivity contribution in [3.05, 3.63) is 29.8 Å². The molecule has 1 aromatic carbocycles. The van der Waals surface area contributed by atoms with E-state index in [-0.39, 0.29) is 0 Å². The lowest BCUT2D eigenvalue weighted by atomic mass is 9.91. The second-order valence-corrected chi connectivity index (χ2v) is 5.16. The number of nitrogens with two attached hydrogens (primary N) is 1. The molecule has 0 aliphatic heterocycles. The van der Waals surface area contributed by atoms with Crippen molar-refractivity contribution in [2.75, 3.05) is 5.32 Å². The van der Waals surface area contributed by atoms with Crippen LogP contribution in [-0.4, -0.2) is 12.1 Å². The Kier molecular flexibility index (Phi) is 4.43. The fraction of sp³-hybridized carbons (Fsp3) is 0.600. The number of para-hydroxylation sites is 1. The monoisotopic (exact) mass is 232 g/mol. The molecule has 0 unspecified atom stereocenters. The smallest absolute Gasteiger partial charge is 0.0374 e. The largest absolute Gasteiger partial charge is 0.382 e. The zero-order valence-corrected chi connectivity index (χ0v) is 10.8. The number of aryl methyl sites for hydroxylation is 1. The zero-order chi connectivity index (χ0) is 12.1. The summed E-state index contributed by atoms with van der Waals surface area (Å²) >= 11 is 0. The van der Waals surface area contributed by atoms with Crippen LogP contribution in [0.4, 0.5) is 5.69 Å². The molecule has 0 spiro atoms. The highest BCUT2D eigenvalue weighted by atomic mass is 14.9. The highest BCUT2D eigenvalue weighted by Crippen LogP contribution is 2.24. The Morgan fingerprint density at radius 3 is 2.59 bits per heavy atom. The maximum absolute atomic E-state index is 5.94. The lowest BCUT2D eigenvalue weighted by Crippen LogP contribution is -2.33. The Bertz CT molecular complexity index is 341. The van der Waals surface area contributed by atoms with Gasteiger partial charge in [0.25, 0.3) is 0 Å². The summed E-state index contributed by atoms with van der Waals surface area (Å²) in [6.07, 6.45) is 7.11. The highest BCUT2D eigenvalue weighted by molar-refractivity contribution is 5.51. The average molecular weight is 232 g/mol. The summed E-state index contributed by atoms with van der Waals surface area (Å²) in [5.74, 6) is 0. The van der Waals surface area contributed by atoms with E-state index >= 15 is 0 Å². The van der Waals surface area contributed by atoms with Crippen molar-refractivity contribution in [3.8, 4) is 0 Å². The predicted molar refractivity (Wildman–Crippen MR) is 74.3 cm³/mol. The Labute approximate surface area is 105 Å². The standard InChI is InChI=1S/C15H24N2/c1-2-5-12-6-3-4-7-15(12)17-14-10-8-13(16)9-11-14/h3-4,6-7,13-14,17H,2,5,8-11,16H2,1H3. The molecule has 1 fully saturated rings. The van der Waals surface area contributed by atoms with Crippen LogP contribution in [0.5, 0.6) is 0 Å². The molecule has 0 bridgehead atoms. The summed E-state index contributed by atoms with van der Waals surface area (Å²) in [5, 5.41) is 3.70. The molecule has 2 rings (SSSR count). The molecule has 0 radical (unpaired) electrons. The lowest BCUT2D eigenvalue weighted by Gasteiger charge is -2.28. The summed E-state index contributed by atoms with van der Waals surface area (Å²) in [5.41, 5.74) is 8.72. The van der Waals surface area contributed by atoms with Crippen molar-refractivity contribution in [1.29, 1.82) is 0 Å². The van der Waals surface area contributed by atoms with E-state index in [1.54, 1.807) is 0 Å². The molecule has 0 amide bonds. The Hall–Kier alpha value is -1.02. The van der Waals surface area contributed by atoms with Crippen LogP contribution in [0.15, 0.2) is 24.3 Å². The topological polar surface area (TPSA) is 38.0 Å². The number of hydrogen-bond acceptors (Lipinski definition) is 2.